The van der Waals surface area contributed by atoms with E-state index in [0.717, 1.165) is 24.3 Å². The maximum absolute atomic E-state index is 12.9. The van der Waals surface area contributed by atoms with Gasteiger partial charge in [-0.1, -0.05) is 12.1 Å². The van der Waals surface area contributed by atoms with E-state index in [1.807, 2.05) is 0 Å². The summed E-state index contributed by atoms with van der Waals surface area (Å²) in [4.78, 5) is 0. The molecule has 0 saturated carbocycles. The summed E-state index contributed by atoms with van der Waals surface area (Å²) < 4.78 is 75.9. The van der Waals surface area contributed by atoms with Crippen LogP contribution < -0.4 is 0 Å². The fourth-order valence-electron chi connectivity index (χ4n) is 1.86. The van der Waals surface area contributed by atoms with Crippen molar-refractivity contribution in [1.82, 2.24) is 0 Å². The summed E-state index contributed by atoms with van der Waals surface area (Å²) in [5, 5.41) is 9.30. The number of halogens is 6. The summed E-state index contributed by atoms with van der Waals surface area (Å²) in [6, 6.07) is 5.68. The molecule has 2 rings (SSSR count). The van der Waals surface area contributed by atoms with Gasteiger partial charge >= 0.3 is 12.4 Å². The number of alkyl halides is 6. The molecule has 1 nitrogen and oxygen atoms in total. The van der Waals surface area contributed by atoms with Crippen molar-refractivity contribution in [1.29, 1.82) is 0 Å². The van der Waals surface area contributed by atoms with E-state index >= 15 is 0 Å². The molecule has 0 aliphatic rings. The number of phenols is 1. The summed E-state index contributed by atoms with van der Waals surface area (Å²) >= 11 is 0. The number of benzene rings is 2. The van der Waals surface area contributed by atoms with Gasteiger partial charge in [0.1, 0.15) is 5.75 Å². The topological polar surface area (TPSA) is 20.2 Å². The van der Waals surface area contributed by atoms with Gasteiger partial charge in [0, 0.05) is 0 Å². The van der Waals surface area contributed by atoms with Crippen molar-refractivity contribution < 1.29 is 31.4 Å². The van der Waals surface area contributed by atoms with Gasteiger partial charge in [0.2, 0.25) is 0 Å². The zero-order chi connectivity index (χ0) is 15.8. The van der Waals surface area contributed by atoms with Crippen molar-refractivity contribution in [2.24, 2.45) is 0 Å². The molecule has 0 atom stereocenters. The van der Waals surface area contributed by atoms with E-state index in [1.165, 1.54) is 0 Å². The molecule has 7 heteroatoms. The molecule has 0 radical (unpaired) electrons. The minimum Gasteiger partial charge on any atom is -0.508 e. The molecule has 0 saturated heterocycles. The van der Waals surface area contributed by atoms with E-state index in [0.29, 0.717) is 18.2 Å². The third-order valence-corrected chi connectivity index (χ3v) is 2.83. The smallest absolute Gasteiger partial charge is 0.417 e. The highest BCUT2D eigenvalue weighted by atomic mass is 19.4. The van der Waals surface area contributed by atoms with E-state index in [1.54, 1.807) is 0 Å². The lowest BCUT2D eigenvalue weighted by Crippen LogP contribution is -2.07. The van der Waals surface area contributed by atoms with Crippen LogP contribution in [0.5, 0.6) is 5.75 Å². The van der Waals surface area contributed by atoms with Gasteiger partial charge in [-0.05, 0) is 41.5 Å². The molecule has 112 valence electrons. The Kier molecular flexibility index (Phi) is 3.61. The monoisotopic (exact) mass is 306 g/mol. The molecule has 2 aromatic carbocycles. The predicted octanol–water partition coefficient (Wildman–Crippen LogP) is 5.10. The highest BCUT2D eigenvalue weighted by molar-refractivity contribution is 5.70. The molecule has 1 N–H and O–H groups in total. The third-order valence-electron chi connectivity index (χ3n) is 2.83. The van der Waals surface area contributed by atoms with Gasteiger partial charge in [0.25, 0.3) is 0 Å². The number of hydrogen-bond donors (Lipinski definition) is 1. The van der Waals surface area contributed by atoms with E-state index in [4.69, 9.17) is 0 Å². The Balaban J connectivity index is 2.54. The van der Waals surface area contributed by atoms with Gasteiger partial charge < -0.3 is 5.11 Å². The Morgan fingerprint density at radius 2 is 1.29 bits per heavy atom. The largest absolute Gasteiger partial charge is 0.508 e. The maximum Gasteiger partial charge on any atom is 0.417 e. The van der Waals surface area contributed by atoms with Crippen LogP contribution in [0.25, 0.3) is 11.1 Å². The third kappa shape index (κ3) is 3.29. The summed E-state index contributed by atoms with van der Waals surface area (Å²) in [6.07, 6.45) is -9.24. The van der Waals surface area contributed by atoms with Crippen LogP contribution in [0.15, 0.2) is 42.5 Å². The first-order valence-corrected chi connectivity index (χ1v) is 5.67. The molecule has 0 aromatic heterocycles. The highest BCUT2D eigenvalue weighted by Crippen LogP contribution is 2.39. The van der Waals surface area contributed by atoms with E-state index in [2.05, 4.69) is 0 Å². The maximum atomic E-state index is 12.9. The fraction of sp³-hybridized carbons (Fsp3) is 0.143. The molecule has 0 aliphatic carbocycles. The molecular weight excluding hydrogens is 298 g/mol. The zero-order valence-electron chi connectivity index (χ0n) is 10.3. The van der Waals surface area contributed by atoms with Gasteiger partial charge in [-0.15, -0.1) is 0 Å². The van der Waals surface area contributed by atoms with Crippen LogP contribution in [0.3, 0.4) is 0 Å². The van der Waals surface area contributed by atoms with Gasteiger partial charge in [-0.2, -0.15) is 26.3 Å². The highest BCUT2D eigenvalue weighted by Gasteiger charge is 2.34. The van der Waals surface area contributed by atoms with Gasteiger partial charge in [-0.3, -0.25) is 0 Å². The van der Waals surface area contributed by atoms with Crippen LogP contribution in [0, 0.1) is 0 Å². The molecule has 0 fully saturated rings. The molecule has 0 unspecified atom stereocenters. The van der Waals surface area contributed by atoms with Crippen molar-refractivity contribution in [3.63, 3.8) is 0 Å². The van der Waals surface area contributed by atoms with Crippen molar-refractivity contribution >= 4 is 0 Å². The lowest BCUT2D eigenvalue weighted by molar-refractivity contribution is -0.138. The molecule has 0 aliphatic heterocycles. The van der Waals surface area contributed by atoms with Crippen LogP contribution in [0.1, 0.15) is 11.1 Å². The summed E-state index contributed by atoms with van der Waals surface area (Å²) in [5.41, 5.74) is -2.43. The SMILES string of the molecule is Oc1ccc(C(F)(F)F)c(-c2ccc(C(F)(F)F)cc2)c1. The van der Waals surface area contributed by atoms with E-state index in [9.17, 15) is 31.4 Å². The Morgan fingerprint density at radius 3 is 1.76 bits per heavy atom. The minimum absolute atomic E-state index is 0.0637. The zero-order valence-corrected chi connectivity index (χ0v) is 10.3. The second-order valence-corrected chi connectivity index (χ2v) is 4.30. The Bertz CT molecular complexity index is 640. The van der Waals surface area contributed by atoms with Crippen molar-refractivity contribution in [3.05, 3.63) is 53.6 Å². The van der Waals surface area contributed by atoms with Crippen molar-refractivity contribution in [3.8, 4) is 16.9 Å². The van der Waals surface area contributed by atoms with Crippen LogP contribution >= 0.6 is 0 Å². The average Bonchev–Trinajstić information content (AvgIpc) is 2.36. The molecule has 0 bridgehead atoms. The Hall–Kier alpha value is -2.18. The van der Waals surface area contributed by atoms with Crippen LogP contribution in [-0.4, -0.2) is 5.11 Å². The second kappa shape index (κ2) is 4.98. The Morgan fingerprint density at radius 1 is 0.714 bits per heavy atom. The quantitative estimate of drug-likeness (QED) is 0.727. The average molecular weight is 306 g/mol. The van der Waals surface area contributed by atoms with Gasteiger partial charge in [0.15, 0.2) is 0 Å². The number of hydrogen-bond acceptors (Lipinski definition) is 1. The molecule has 0 spiro atoms. The van der Waals surface area contributed by atoms with Crippen molar-refractivity contribution in [2.45, 2.75) is 12.4 Å². The predicted molar refractivity (Wildman–Crippen MR) is 63.5 cm³/mol. The molecule has 2 aromatic rings. The number of aromatic hydroxyl groups is 1. The van der Waals surface area contributed by atoms with Crippen LogP contribution in [0.2, 0.25) is 0 Å². The van der Waals surface area contributed by atoms with Gasteiger partial charge in [-0.25, -0.2) is 0 Å². The number of rotatable bonds is 1. The van der Waals surface area contributed by atoms with Crippen LogP contribution in [-0.2, 0) is 12.4 Å². The second-order valence-electron chi connectivity index (χ2n) is 4.30. The fourth-order valence-corrected chi connectivity index (χ4v) is 1.86. The van der Waals surface area contributed by atoms with Gasteiger partial charge in [0.05, 0.1) is 11.1 Å². The lowest BCUT2D eigenvalue weighted by atomic mass is 9.98. The summed E-state index contributed by atoms with van der Waals surface area (Å²) in [7, 11) is 0. The molecule has 0 heterocycles. The van der Waals surface area contributed by atoms with E-state index in [-0.39, 0.29) is 11.1 Å². The Labute approximate surface area is 115 Å². The van der Waals surface area contributed by atoms with Crippen LogP contribution in [0.4, 0.5) is 26.3 Å². The first-order valence-electron chi connectivity index (χ1n) is 5.67. The number of phenolic OH excluding ortho intramolecular Hbond substituents is 1. The first kappa shape index (κ1) is 15.2. The van der Waals surface area contributed by atoms with E-state index < -0.39 is 29.2 Å². The molecular formula is C14H8F6O. The summed E-state index contributed by atoms with van der Waals surface area (Å²) in [6.45, 7) is 0. The standard InChI is InChI=1S/C14H8F6O/c15-13(16,17)9-3-1-8(2-4-9)11-7-10(21)5-6-12(11)14(18,19)20/h1-7,21H. The molecule has 0 amide bonds. The minimum atomic E-state index is -4.67. The molecule has 21 heavy (non-hydrogen) atoms. The lowest BCUT2D eigenvalue weighted by Gasteiger charge is -2.14. The summed E-state index contributed by atoms with van der Waals surface area (Å²) in [5.74, 6) is -0.405. The normalized spacial score (nSPS) is 12.5. The first-order chi connectivity index (χ1) is 9.59. The van der Waals surface area contributed by atoms with Crippen molar-refractivity contribution in [2.75, 3.05) is 0 Å².